The Balaban J connectivity index is 3.17. The summed E-state index contributed by atoms with van der Waals surface area (Å²) < 4.78 is 0. The summed E-state index contributed by atoms with van der Waals surface area (Å²) in [5.41, 5.74) is 5.34. The lowest BCUT2D eigenvalue weighted by molar-refractivity contribution is 0.148. The molecule has 8 heavy (non-hydrogen) atoms. The molecular weight excluding hydrogens is 122 g/mol. The Morgan fingerprint density at radius 1 is 1.75 bits per heavy atom. The molecule has 0 aromatic rings. The van der Waals surface area contributed by atoms with Crippen molar-refractivity contribution in [2.24, 2.45) is 5.73 Å². The fourth-order valence-corrected chi connectivity index (χ4v) is 0.660. The molecule has 0 aromatic heterocycles. The molecule has 0 fully saturated rings. The van der Waals surface area contributed by atoms with Crippen molar-refractivity contribution in [1.29, 1.82) is 0 Å². The van der Waals surface area contributed by atoms with Gasteiger partial charge in [0, 0.05) is 6.04 Å². The summed E-state index contributed by atoms with van der Waals surface area (Å²) in [4.78, 5) is 0. The van der Waals surface area contributed by atoms with E-state index < -0.39 is 0 Å². The lowest BCUT2D eigenvalue weighted by atomic mass is 10.1. The molecule has 50 valence electrons. The van der Waals surface area contributed by atoms with Crippen molar-refractivity contribution in [2.45, 2.75) is 25.5 Å². The highest BCUT2D eigenvalue weighted by atomic mass is 32.1. The minimum atomic E-state index is -0.382. The predicted octanol–water partition coefficient (Wildman–Crippen LogP) is 0.0144. The standard InChI is InChI=1S/C5H13NOS/c1-4(6)5(7)2-3-8/h4-5,7-8H,2-3,6H2,1H3. The number of aliphatic hydroxyl groups is 1. The van der Waals surface area contributed by atoms with E-state index in [0.717, 1.165) is 0 Å². The summed E-state index contributed by atoms with van der Waals surface area (Å²) in [6.45, 7) is 1.79. The summed E-state index contributed by atoms with van der Waals surface area (Å²) in [6, 6.07) is -0.123. The summed E-state index contributed by atoms with van der Waals surface area (Å²) in [6.07, 6.45) is 0.299. The zero-order chi connectivity index (χ0) is 6.57. The van der Waals surface area contributed by atoms with E-state index in [2.05, 4.69) is 12.6 Å². The van der Waals surface area contributed by atoms with Crippen LogP contribution in [0, 0.1) is 0 Å². The van der Waals surface area contributed by atoms with Crippen LogP contribution >= 0.6 is 12.6 Å². The van der Waals surface area contributed by atoms with Crippen LogP contribution in [-0.2, 0) is 0 Å². The van der Waals surface area contributed by atoms with Crippen LogP contribution in [0.15, 0.2) is 0 Å². The first-order valence-corrected chi connectivity index (χ1v) is 3.36. The van der Waals surface area contributed by atoms with Gasteiger partial charge in [0.25, 0.3) is 0 Å². The summed E-state index contributed by atoms with van der Waals surface area (Å²) >= 11 is 3.94. The van der Waals surface area contributed by atoms with Gasteiger partial charge < -0.3 is 10.8 Å². The van der Waals surface area contributed by atoms with Crippen molar-refractivity contribution in [3.63, 3.8) is 0 Å². The van der Waals surface area contributed by atoms with Gasteiger partial charge in [0.2, 0.25) is 0 Å². The molecule has 2 atom stereocenters. The molecule has 2 nitrogen and oxygen atoms in total. The quantitative estimate of drug-likeness (QED) is 0.478. The molecule has 0 saturated heterocycles. The first-order valence-electron chi connectivity index (χ1n) is 2.73. The van der Waals surface area contributed by atoms with Crippen LogP contribution < -0.4 is 5.73 Å². The molecule has 3 N–H and O–H groups in total. The van der Waals surface area contributed by atoms with Gasteiger partial charge in [-0.25, -0.2) is 0 Å². The zero-order valence-corrected chi connectivity index (χ0v) is 5.94. The molecule has 0 aromatic carbocycles. The lowest BCUT2D eigenvalue weighted by Crippen LogP contribution is -2.31. The van der Waals surface area contributed by atoms with Gasteiger partial charge in [-0.2, -0.15) is 12.6 Å². The Bertz CT molecular complexity index is 58.4. The van der Waals surface area contributed by atoms with E-state index in [-0.39, 0.29) is 12.1 Å². The van der Waals surface area contributed by atoms with Crippen molar-refractivity contribution >= 4 is 12.6 Å². The number of thiol groups is 1. The van der Waals surface area contributed by atoms with E-state index in [4.69, 9.17) is 10.8 Å². The second-order valence-electron chi connectivity index (χ2n) is 1.94. The topological polar surface area (TPSA) is 46.2 Å². The molecule has 0 rings (SSSR count). The molecule has 0 aliphatic carbocycles. The van der Waals surface area contributed by atoms with Crippen LogP contribution in [0.4, 0.5) is 0 Å². The molecule has 3 heteroatoms. The van der Waals surface area contributed by atoms with Gasteiger partial charge in [0.15, 0.2) is 0 Å². The molecule has 0 radical (unpaired) electrons. The van der Waals surface area contributed by atoms with Crippen LogP contribution in [0.1, 0.15) is 13.3 Å². The maximum Gasteiger partial charge on any atom is 0.0696 e. The van der Waals surface area contributed by atoms with Crippen LogP contribution in [0.25, 0.3) is 0 Å². The third kappa shape index (κ3) is 3.29. The number of aliphatic hydroxyl groups excluding tert-OH is 1. The van der Waals surface area contributed by atoms with Crippen molar-refractivity contribution in [2.75, 3.05) is 5.75 Å². The Labute approximate surface area is 55.5 Å². The van der Waals surface area contributed by atoms with Crippen molar-refractivity contribution in [1.82, 2.24) is 0 Å². The van der Waals surface area contributed by atoms with E-state index in [1.165, 1.54) is 0 Å². The summed E-state index contributed by atoms with van der Waals surface area (Å²) in [5.74, 6) is 0.697. The molecule has 0 aliphatic heterocycles. The number of hydrogen-bond donors (Lipinski definition) is 3. The van der Waals surface area contributed by atoms with Gasteiger partial charge in [-0.1, -0.05) is 0 Å². The highest BCUT2D eigenvalue weighted by Crippen LogP contribution is 1.96. The minimum Gasteiger partial charge on any atom is -0.391 e. The largest absolute Gasteiger partial charge is 0.391 e. The monoisotopic (exact) mass is 135 g/mol. The molecule has 0 amide bonds. The van der Waals surface area contributed by atoms with E-state index in [9.17, 15) is 0 Å². The highest BCUT2D eigenvalue weighted by molar-refractivity contribution is 7.80. The van der Waals surface area contributed by atoms with E-state index in [1.54, 1.807) is 6.92 Å². The first-order chi connectivity index (χ1) is 3.68. The smallest absolute Gasteiger partial charge is 0.0696 e. The van der Waals surface area contributed by atoms with Gasteiger partial charge in [-0.15, -0.1) is 0 Å². The average molecular weight is 135 g/mol. The highest BCUT2D eigenvalue weighted by Gasteiger charge is 2.06. The Kier molecular flexibility index (Phi) is 4.32. The summed E-state index contributed by atoms with van der Waals surface area (Å²) in [5, 5.41) is 8.95. The van der Waals surface area contributed by atoms with Crippen LogP contribution in [0.2, 0.25) is 0 Å². The molecule has 0 saturated carbocycles. The van der Waals surface area contributed by atoms with E-state index in [0.29, 0.717) is 12.2 Å². The Morgan fingerprint density at radius 3 is 2.38 bits per heavy atom. The molecule has 0 bridgehead atoms. The minimum absolute atomic E-state index is 0.123. The predicted molar refractivity (Wildman–Crippen MR) is 38.1 cm³/mol. The van der Waals surface area contributed by atoms with E-state index >= 15 is 0 Å². The number of rotatable bonds is 3. The zero-order valence-electron chi connectivity index (χ0n) is 5.04. The van der Waals surface area contributed by atoms with Gasteiger partial charge in [0.05, 0.1) is 6.10 Å². The third-order valence-electron chi connectivity index (χ3n) is 1.03. The fourth-order valence-electron chi connectivity index (χ4n) is 0.395. The maximum absolute atomic E-state index is 8.95. The number of hydrogen-bond acceptors (Lipinski definition) is 3. The van der Waals surface area contributed by atoms with Crippen molar-refractivity contribution in [3.05, 3.63) is 0 Å². The normalized spacial score (nSPS) is 18.0. The van der Waals surface area contributed by atoms with Crippen LogP contribution in [0.5, 0.6) is 0 Å². The van der Waals surface area contributed by atoms with Gasteiger partial charge in [-0.3, -0.25) is 0 Å². The van der Waals surface area contributed by atoms with E-state index in [1.807, 2.05) is 0 Å². The van der Waals surface area contributed by atoms with Crippen LogP contribution in [-0.4, -0.2) is 23.0 Å². The molecule has 2 unspecified atom stereocenters. The maximum atomic E-state index is 8.95. The van der Waals surface area contributed by atoms with Gasteiger partial charge in [-0.05, 0) is 19.1 Å². The Morgan fingerprint density at radius 2 is 2.25 bits per heavy atom. The number of nitrogens with two attached hydrogens (primary N) is 1. The second kappa shape index (κ2) is 4.18. The molecular formula is C5H13NOS. The molecule has 0 spiro atoms. The third-order valence-corrected chi connectivity index (χ3v) is 1.29. The fraction of sp³-hybridized carbons (Fsp3) is 1.00. The molecule has 0 aliphatic rings. The lowest BCUT2D eigenvalue weighted by Gasteiger charge is -2.11. The first kappa shape index (κ1) is 8.27. The van der Waals surface area contributed by atoms with Crippen LogP contribution in [0.3, 0.4) is 0 Å². The SMILES string of the molecule is CC(N)C(O)CCS. The second-order valence-corrected chi connectivity index (χ2v) is 2.39. The van der Waals surface area contributed by atoms with Crippen molar-refractivity contribution in [3.8, 4) is 0 Å². The summed E-state index contributed by atoms with van der Waals surface area (Å²) in [7, 11) is 0. The average Bonchev–Trinajstić information content (AvgIpc) is 1.67. The Hall–Kier alpha value is 0.270. The molecule has 0 heterocycles. The van der Waals surface area contributed by atoms with Gasteiger partial charge >= 0.3 is 0 Å². The van der Waals surface area contributed by atoms with Crippen molar-refractivity contribution < 1.29 is 5.11 Å². The van der Waals surface area contributed by atoms with Gasteiger partial charge in [0.1, 0.15) is 0 Å².